The van der Waals surface area contributed by atoms with Gasteiger partial charge >= 0.3 is 5.97 Å². The molecule has 0 saturated heterocycles. The zero-order valence-electron chi connectivity index (χ0n) is 9.15. The number of carboxylic acid groups (broad SMARTS) is 1. The van der Waals surface area contributed by atoms with Crippen LogP contribution in [0.5, 0.6) is 0 Å². The standard InChI is InChI=1S/C9H14N4O3/c1-3-4-9(2,8(15)16)12-7(14)6-10-5-11-13-6/h5H,3-4H2,1-2H3,(H,12,14)(H,15,16)(H,10,11,13). The van der Waals surface area contributed by atoms with Crippen molar-refractivity contribution >= 4 is 11.9 Å². The SMILES string of the molecule is CCCC(C)(NC(=O)c1ncn[nH]1)C(=O)O. The third-order valence-electron chi connectivity index (χ3n) is 2.24. The number of carbonyl (C=O) groups is 2. The van der Waals surface area contributed by atoms with Crippen LogP contribution in [0.4, 0.5) is 0 Å². The Bertz CT molecular complexity index is 376. The van der Waals surface area contributed by atoms with Crippen molar-refractivity contribution in [2.45, 2.75) is 32.2 Å². The van der Waals surface area contributed by atoms with Gasteiger partial charge in [-0.25, -0.2) is 9.78 Å². The van der Waals surface area contributed by atoms with E-state index in [-0.39, 0.29) is 5.82 Å². The van der Waals surface area contributed by atoms with E-state index >= 15 is 0 Å². The Labute approximate surface area is 92.3 Å². The number of amides is 1. The van der Waals surface area contributed by atoms with Gasteiger partial charge in [0, 0.05) is 0 Å². The molecular weight excluding hydrogens is 212 g/mol. The average Bonchev–Trinajstić information content (AvgIpc) is 2.70. The molecule has 16 heavy (non-hydrogen) atoms. The van der Waals surface area contributed by atoms with Crippen LogP contribution in [0.1, 0.15) is 37.3 Å². The maximum atomic E-state index is 11.6. The first-order chi connectivity index (χ1) is 7.49. The van der Waals surface area contributed by atoms with E-state index in [0.29, 0.717) is 12.8 Å². The monoisotopic (exact) mass is 226 g/mol. The summed E-state index contributed by atoms with van der Waals surface area (Å²) >= 11 is 0. The van der Waals surface area contributed by atoms with E-state index in [4.69, 9.17) is 5.11 Å². The quantitative estimate of drug-likeness (QED) is 0.663. The number of carboxylic acids is 1. The summed E-state index contributed by atoms with van der Waals surface area (Å²) in [5.41, 5.74) is -1.28. The zero-order valence-corrected chi connectivity index (χ0v) is 9.15. The lowest BCUT2D eigenvalue weighted by Gasteiger charge is -2.24. The van der Waals surface area contributed by atoms with Crippen molar-refractivity contribution in [3.8, 4) is 0 Å². The van der Waals surface area contributed by atoms with Gasteiger partial charge in [-0.15, -0.1) is 0 Å². The summed E-state index contributed by atoms with van der Waals surface area (Å²) in [6.45, 7) is 3.31. The summed E-state index contributed by atoms with van der Waals surface area (Å²) in [6.07, 6.45) is 2.19. The van der Waals surface area contributed by atoms with Gasteiger partial charge in [0.2, 0.25) is 5.82 Å². The van der Waals surface area contributed by atoms with E-state index in [2.05, 4.69) is 20.5 Å². The van der Waals surface area contributed by atoms with Crippen molar-refractivity contribution in [2.24, 2.45) is 0 Å². The lowest BCUT2D eigenvalue weighted by atomic mass is 9.96. The number of aliphatic carboxylic acids is 1. The largest absolute Gasteiger partial charge is 0.480 e. The van der Waals surface area contributed by atoms with Crippen LogP contribution in [-0.4, -0.2) is 37.7 Å². The van der Waals surface area contributed by atoms with Gasteiger partial charge in [0.25, 0.3) is 5.91 Å². The molecule has 0 aromatic carbocycles. The molecular formula is C9H14N4O3. The number of aromatic nitrogens is 3. The number of hydrogen-bond acceptors (Lipinski definition) is 4. The highest BCUT2D eigenvalue weighted by Gasteiger charge is 2.34. The third kappa shape index (κ3) is 2.56. The first-order valence-corrected chi connectivity index (χ1v) is 4.91. The number of nitrogens with zero attached hydrogens (tertiary/aromatic N) is 2. The second-order valence-corrected chi connectivity index (χ2v) is 3.68. The molecule has 1 heterocycles. The van der Waals surface area contributed by atoms with Crippen molar-refractivity contribution in [1.29, 1.82) is 0 Å². The molecule has 1 unspecified atom stereocenters. The normalized spacial score (nSPS) is 14.1. The van der Waals surface area contributed by atoms with Gasteiger partial charge in [-0.05, 0) is 13.3 Å². The molecule has 0 aliphatic rings. The van der Waals surface area contributed by atoms with Gasteiger partial charge in [0.1, 0.15) is 11.9 Å². The summed E-state index contributed by atoms with van der Waals surface area (Å²) in [5, 5.41) is 17.4. The minimum absolute atomic E-state index is 0.00331. The number of rotatable bonds is 5. The number of carbonyl (C=O) groups excluding carboxylic acids is 1. The Morgan fingerprint density at radius 2 is 2.31 bits per heavy atom. The number of aromatic amines is 1. The Balaban J connectivity index is 2.77. The lowest BCUT2D eigenvalue weighted by molar-refractivity contribution is -0.144. The van der Waals surface area contributed by atoms with Crippen molar-refractivity contribution in [2.75, 3.05) is 0 Å². The first kappa shape index (κ1) is 12.2. The van der Waals surface area contributed by atoms with Crippen molar-refractivity contribution < 1.29 is 14.7 Å². The predicted octanol–water partition coefficient (Wildman–Crippen LogP) is 0.178. The van der Waals surface area contributed by atoms with Crippen molar-refractivity contribution in [3.63, 3.8) is 0 Å². The molecule has 3 N–H and O–H groups in total. The van der Waals surface area contributed by atoms with Crippen LogP contribution in [0.15, 0.2) is 6.33 Å². The summed E-state index contributed by atoms with van der Waals surface area (Å²) in [5.74, 6) is -1.64. The maximum Gasteiger partial charge on any atom is 0.329 e. The molecule has 1 atom stereocenters. The minimum Gasteiger partial charge on any atom is -0.480 e. The van der Waals surface area contributed by atoms with E-state index in [1.54, 1.807) is 0 Å². The van der Waals surface area contributed by atoms with Gasteiger partial charge in [0.15, 0.2) is 0 Å². The van der Waals surface area contributed by atoms with Crippen molar-refractivity contribution in [1.82, 2.24) is 20.5 Å². The summed E-state index contributed by atoms with van der Waals surface area (Å²) in [6, 6.07) is 0. The molecule has 0 spiro atoms. The highest BCUT2D eigenvalue weighted by Crippen LogP contribution is 2.13. The first-order valence-electron chi connectivity index (χ1n) is 4.91. The Kier molecular flexibility index (Phi) is 3.60. The van der Waals surface area contributed by atoms with Crippen LogP contribution in [-0.2, 0) is 4.79 Å². The molecule has 7 heteroatoms. The predicted molar refractivity (Wildman–Crippen MR) is 54.8 cm³/mol. The minimum atomic E-state index is -1.28. The molecule has 0 radical (unpaired) electrons. The van der Waals surface area contributed by atoms with Gasteiger partial charge < -0.3 is 10.4 Å². The van der Waals surface area contributed by atoms with E-state index in [0.717, 1.165) is 0 Å². The third-order valence-corrected chi connectivity index (χ3v) is 2.24. The fraction of sp³-hybridized carbons (Fsp3) is 0.556. The summed E-state index contributed by atoms with van der Waals surface area (Å²) in [4.78, 5) is 26.3. The van der Waals surface area contributed by atoms with E-state index < -0.39 is 17.4 Å². The fourth-order valence-corrected chi connectivity index (χ4v) is 1.35. The fourth-order valence-electron chi connectivity index (χ4n) is 1.35. The highest BCUT2D eigenvalue weighted by molar-refractivity contribution is 5.94. The molecule has 0 aliphatic carbocycles. The molecule has 0 aliphatic heterocycles. The molecule has 1 aromatic rings. The van der Waals surface area contributed by atoms with Crippen LogP contribution in [0.3, 0.4) is 0 Å². The van der Waals surface area contributed by atoms with Crippen molar-refractivity contribution in [3.05, 3.63) is 12.2 Å². The highest BCUT2D eigenvalue weighted by atomic mass is 16.4. The molecule has 0 bridgehead atoms. The van der Waals surface area contributed by atoms with E-state index in [9.17, 15) is 9.59 Å². The van der Waals surface area contributed by atoms with Gasteiger partial charge in [-0.2, -0.15) is 5.10 Å². The number of nitrogens with one attached hydrogen (secondary N) is 2. The lowest BCUT2D eigenvalue weighted by Crippen LogP contribution is -2.52. The van der Waals surface area contributed by atoms with Gasteiger partial charge in [-0.1, -0.05) is 13.3 Å². The Morgan fingerprint density at radius 3 is 2.75 bits per heavy atom. The molecule has 1 aromatic heterocycles. The van der Waals surface area contributed by atoms with Crippen LogP contribution < -0.4 is 5.32 Å². The van der Waals surface area contributed by atoms with E-state index in [1.807, 2.05) is 6.92 Å². The second kappa shape index (κ2) is 4.73. The van der Waals surface area contributed by atoms with Crippen LogP contribution in [0.25, 0.3) is 0 Å². The second-order valence-electron chi connectivity index (χ2n) is 3.68. The smallest absolute Gasteiger partial charge is 0.329 e. The molecule has 88 valence electrons. The molecule has 1 rings (SSSR count). The number of hydrogen-bond donors (Lipinski definition) is 3. The molecule has 0 fully saturated rings. The van der Waals surface area contributed by atoms with Gasteiger partial charge in [0.05, 0.1) is 0 Å². The van der Waals surface area contributed by atoms with Crippen LogP contribution in [0, 0.1) is 0 Å². The average molecular weight is 226 g/mol. The van der Waals surface area contributed by atoms with Gasteiger partial charge in [-0.3, -0.25) is 9.89 Å². The summed E-state index contributed by atoms with van der Waals surface area (Å²) in [7, 11) is 0. The molecule has 7 nitrogen and oxygen atoms in total. The van der Waals surface area contributed by atoms with E-state index in [1.165, 1.54) is 13.3 Å². The zero-order chi connectivity index (χ0) is 12.2. The van der Waals surface area contributed by atoms with Crippen LogP contribution in [0.2, 0.25) is 0 Å². The number of H-pyrrole nitrogens is 1. The molecule has 0 saturated carbocycles. The molecule has 1 amide bonds. The summed E-state index contributed by atoms with van der Waals surface area (Å²) < 4.78 is 0. The Hall–Kier alpha value is -1.92. The van der Waals surface area contributed by atoms with Crippen LogP contribution >= 0.6 is 0 Å². The maximum absolute atomic E-state index is 11.6. The Morgan fingerprint density at radius 1 is 1.62 bits per heavy atom. The topological polar surface area (TPSA) is 108 Å².